The highest BCUT2D eigenvalue weighted by Gasteiger charge is 2.22. The number of halogens is 1. The molecule has 3 heterocycles. The molecule has 3 nitrogen and oxygen atoms in total. The summed E-state index contributed by atoms with van der Waals surface area (Å²) in [5.41, 5.74) is 2.28. The first kappa shape index (κ1) is 11.4. The third-order valence-electron chi connectivity index (χ3n) is 3.62. The topological polar surface area (TPSA) is 38.9 Å². The van der Waals surface area contributed by atoms with Crippen molar-refractivity contribution < 1.29 is 4.42 Å². The molecular weight excluding hydrogens is 280 g/mol. The Labute approximate surface area is 119 Å². The monoisotopic (exact) mass is 290 g/mol. The average Bonchev–Trinajstić information content (AvgIpc) is 3.02. The Morgan fingerprint density at radius 3 is 3.00 bits per heavy atom. The number of aromatic nitrogens is 2. The van der Waals surface area contributed by atoms with E-state index in [1.807, 2.05) is 13.0 Å². The van der Waals surface area contributed by atoms with E-state index in [0.29, 0.717) is 11.0 Å². The third-order valence-corrected chi connectivity index (χ3v) is 5.08. The van der Waals surface area contributed by atoms with Gasteiger partial charge < -0.3 is 4.42 Å². The summed E-state index contributed by atoms with van der Waals surface area (Å²) in [7, 11) is 0. The van der Waals surface area contributed by atoms with Gasteiger partial charge in [0, 0.05) is 4.88 Å². The van der Waals surface area contributed by atoms with Gasteiger partial charge in [0.15, 0.2) is 5.82 Å². The van der Waals surface area contributed by atoms with E-state index < -0.39 is 0 Å². The second-order valence-electron chi connectivity index (χ2n) is 4.77. The Morgan fingerprint density at radius 2 is 2.21 bits per heavy atom. The minimum atomic E-state index is 0.569. The summed E-state index contributed by atoms with van der Waals surface area (Å²) in [5, 5.41) is 1.63. The normalized spacial score (nSPS) is 14.2. The van der Waals surface area contributed by atoms with Gasteiger partial charge in [0.1, 0.15) is 15.7 Å². The summed E-state index contributed by atoms with van der Waals surface area (Å²) in [6.07, 6.45) is 5.12. The van der Waals surface area contributed by atoms with Gasteiger partial charge in [0.05, 0.1) is 17.2 Å². The highest BCUT2D eigenvalue weighted by atomic mass is 35.5. The SMILES string of the molecule is Cc1occc1-c1nc(Cl)c2c3c(sc2n1)CCC3. The number of hydrogen-bond acceptors (Lipinski definition) is 4. The van der Waals surface area contributed by atoms with Crippen molar-refractivity contribution in [3.63, 3.8) is 0 Å². The Bertz CT molecular complexity index is 790. The van der Waals surface area contributed by atoms with Crippen molar-refractivity contribution in [3.8, 4) is 11.4 Å². The second kappa shape index (κ2) is 4.05. The summed E-state index contributed by atoms with van der Waals surface area (Å²) >= 11 is 8.13. The van der Waals surface area contributed by atoms with Crippen LogP contribution < -0.4 is 0 Å². The van der Waals surface area contributed by atoms with E-state index in [9.17, 15) is 0 Å². The lowest BCUT2D eigenvalue weighted by molar-refractivity contribution is 0.535. The molecule has 0 unspecified atom stereocenters. The molecular formula is C14H11ClN2OS. The van der Waals surface area contributed by atoms with Crippen LogP contribution in [0.15, 0.2) is 16.7 Å². The molecule has 0 saturated heterocycles. The zero-order chi connectivity index (χ0) is 13.0. The maximum Gasteiger partial charge on any atom is 0.165 e. The van der Waals surface area contributed by atoms with E-state index >= 15 is 0 Å². The summed E-state index contributed by atoms with van der Waals surface area (Å²) in [5.74, 6) is 1.48. The van der Waals surface area contributed by atoms with Crippen LogP contribution >= 0.6 is 22.9 Å². The molecule has 1 aliphatic carbocycles. The molecule has 1 aliphatic rings. The van der Waals surface area contributed by atoms with Crippen molar-refractivity contribution in [1.29, 1.82) is 0 Å². The van der Waals surface area contributed by atoms with Gasteiger partial charge in [-0.25, -0.2) is 9.97 Å². The first-order valence-electron chi connectivity index (χ1n) is 6.26. The molecule has 0 aliphatic heterocycles. The van der Waals surface area contributed by atoms with Gasteiger partial charge in [-0.3, -0.25) is 0 Å². The van der Waals surface area contributed by atoms with Crippen molar-refractivity contribution in [2.45, 2.75) is 26.2 Å². The van der Waals surface area contributed by atoms with Crippen LogP contribution in [0.4, 0.5) is 0 Å². The van der Waals surface area contributed by atoms with Gasteiger partial charge in [0.25, 0.3) is 0 Å². The summed E-state index contributed by atoms with van der Waals surface area (Å²) in [6, 6.07) is 1.88. The largest absolute Gasteiger partial charge is 0.469 e. The third kappa shape index (κ3) is 1.63. The summed E-state index contributed by atoms with van der Waals surface area (Å²) in [4.78, 5) is 11.5. The van der Waals surface area contributed by atoms with Gasteiger partial charge in [0.2, 0.25) is 0 Å². The second-order valence-corrected chi connectivity index (χ2v) is 6.21. The van der Waals surface area contributed by atoms with E-state index in [-0.39, 0.29) is 0 Å². The number of rotatable bonds is 1. The Hall–Kier alpha value is -1.39. The van der Waals surface area contributed by atoms with Crippen LogP contribution in [0.1, 0.15) is 22.6 Å². The fourth-order valence-electron chi connectivity index (χ4n) is 2.69. The van der Waals surface area contributed by atoms with E-state index in [1.54, 1.807) is 17.6 Å². The molecule has 96 valence electrons. The highest BCUT2D eigenvalue weighted by Crippen LogP contribution is 2.40. The van der Waals surface area contributed by atoms with Gasteiger partial charge in [-0.1, -0.05) is 11.6 Å². The lowest BCUT2D eigenvalue weighted by Gasteiger charge is -2.01. The quantitative estimate of drug-likeness (QED) is 0.624. The zero-order valence-electron chi connectivity index (χ0n) is 10.4. The van der Waals surface area contributed by atoms with Crippen LogP contribution in [0.5, 0.6) is 0 Å². The average molecular weight is 291 g/mol. The molecule has 0 radical (unpaired) electrons. The fraction of sp³-hybridized carbons (Fsp3) is 0.286. The van der Waals surface area contributed by atoms with Crippen LogP contribution in [0.2, 0.25) is 5.15 Å². The molecule has 0 atom stereocenters. The van der Waals surface area contributed by atoms with E-state index in [1.165, 1.54) is 16.9 Å². The van der Waals surface area contributed by atoms with Crippen LogP contribution in [-0.2, 0) is 12.8 Å². The molecule has 0 bridgehead atoms. The Balaban J connectivity index is 1.99. The maximum atomic E-state index is 6.38. The van der Waals surface area contributed by atoms with Gasteiger partial charge in [-0.05, 0) is 37.8 Å². The van der Waals surface area contributed by atoms with Crippen LogP contribution in [0, 0.1) is 6.92 Å². The maximum absolute atomic E-state index is 6.38. The number of hydrogen-bond donors (Lipinski definition) is 0. The predicted molar refractivity (Wildman–Crippen MR) is 76.9 cm³/mol. The lowest BCUT2D eigenvalue weighted by Crippen LogP contribution is -1.91. The number of furan rings is 1. The van der Waals surface area contributed by atoms with Crippen molar-refractivity contribution in [1.82, 2.24) is 9.97 Å². The van der Waals surface area contributed by atoms with Gasteiger partial charge >= 0.3 is 0 Å². The van der Waals surface area contributed by atoms with Gasteiger partial charge in [-0.15, -0.1) is 11.3 Å². The van der Waals surface area contributed by atoms with E-state index in [0.717, 1.165) is 34.4 Å². The molecule has 3 aromatic heterocycles. The zero-order valence-corrected chi connectivity index (χ0v) is 11.9. The minimum absolute atomic E-state index is 0.569. The standard InChI is InChI=1S/C14H11ClN2OS/c1-7-8(5-6-18-7)13-16-12(15)11-9-3-2-4-10(9)19-14(11)17-13/h5-6H,2-4H2,1H3. The molecule has 3 aromatic rings. The van der Waals surface area contributed by atoms with Crippen LogP contribution in [-0.4, -0.2) is 9.97 Å². The lowest BCUT2D eigenvalue weighted by atomic mass is 10.2. The van der Waals surface area contributed by atoms with Crippen molar-refractivity contribution in [2.24, 2.45) is 0 Å². The highest BCUT2D eigenvalue weighted by molar-refractivity contribution is 7.19. The molecule has 5 heteroatoms. The van der Waals surface area contributed by atoms with Crippen LogP contribution in [0.25, 0.3) is 21.6 Å². The molecule has 0 N–H and O–H groups in total. The van der Waals surface area contributed by atoms with Crippen molar-refractivity contribution in [2.75, 3.05) is 0 Å². The number of thiophene rings is 1. The predicted octanol–water partition coefficient (Wildman–Crippen LogP) is 4.40. The number of nitrogens with zero attached hydrogens (tertiary/aromatic N) is 2. The van der Waals surface area contributed by atoms with E-state index in [4.69, 9.17) is 16.0 Å². The smallest absolute Gasteiger partial charge is 0.165 e. The fourth-order valence-corrected chi connectivity index (χ4v) is 4.29. The molecule has 4 rings (SSSR count). The van der Waals surface area contributed by atoms with Gasteiger partial charge in [-0.2, -0.15) is 0 Å². The molecule has 19 heavy (non-hydrogen) atoms. The summed E-state index contributed by atoms with van der Waals surface area (Å²) < 4.78 is 5.31. The Morgan fingerprint density at radius 1 is 1.32 bits per heavy atom. The Kier molecular flexibility index (Phi) is 2.44. The number of aryl methyl sites for hydroxylation is 3. The van der Waals surface area contributed by atoms with Crippen molar-refractivity contribution >= 4 is 33.2 Å². The van der Waals surface area contributed by atoms with Crippen LogP contribution in [0.3, 0.4) is 0 Å². The summed E-state index contributed by atoms with van der Waals surface area (Å²) in [6.45, 7) is 1.91. The molecule has 0 amide bonds. The number of fused-ring (bicyclic) bond motifs is 3. The minimum Gasteiger partial charge on any atom is -0.469 e. The molecule has 0 aromatic carbocycles. The first-order valence-corrected chi connectivity index (χ1v) is 7.46. The van der Waals surface area contributed by atoms with E-state index in [2.05, 4.69) is 9.97 Å². The molecule has 0 fully saturated rings. The first-order chi connectivity index (χ1) is 9.24. The molecule has 0 spiro atoms. The molecule has 0 saturated carbocycles. The van der Waals surface area contributed by atoms with Crippen molar-refractivity contribution in [3.05, 3.63) is 33.7 Å².